The third-order valence-corrected chi connectivity index (χ3v) is 7.11. The van der Waals surface area contributed by atoms with Gasteiger partial charge in [-0.2, -0.15) is 0 Å². The molecule has 10 heteroatoms. The molecule has 2 heterocycles. The van der Waals surface area contributed by atoms with Crippen molar-refractivity contribution in [3.63, 3.8) is 0 Å². The Morgan fingerprint density at radius 3 is 2.49 bits per heavy atom. The number of halogens is 3. The standard InChI is InChI=1S/C29H25F3N4O3/c1-15-9-16(11-18(10-15)35-29(38)39)19-7-8-33-14-25(19)36-28(37)20-5-6-22(30)21-12-17(13-34-27(20)21)26-23(31)3-2-4-24(26)32/h2-8,12-16,18,35H,9-11H2,1H3,(H,36,37)(H,38,39)/t15-,16+,18-/m0/s1. The van der Waals surface area contributed by atoms with E-state index in [2.05, 4.69) is 27.5 Å². The summed E-state index contributed by atoms with van der Waals surface area (Å²) in [5.41, 5.74) is 1.09. The van der Waals surface area contributed by atoms with Gasteiger partial charge < -0.3 is 15.7 Å². The molecular weight excluding hydrogens is 509 g/mol. The molecule has 1 aliphatic carbocycles. The maximum atomic E-state index is 14.8. The minimum Gasteiger partial charge on any atom is -0.465 e. The van der Waals surface area contributed by atoms with Gasteiger partial charge in [0, 0.05) is 29.4 Å². The molecule has 0 bridgehead atoms. The highest BCUT2D eigenvalue weighted by atomic mass is 19.1. The van der Waals surface area contributed by atoms with Crippen LogP contribution >= 0.6 is 0 Å². The number of anilines is 1. The van der Waals surface area contributed by atoms with Crippen LogP contribution in [0.15, 0.2) is 61.1 Å². The Morgan fingerprint density at radius 1 is 0.974 bits per heavy atom. The van der Waals surface area contributed by atoms with E-state index >= 15 is 0 Å². The molecule has 4 aromatic rings. The number of hydrogen-bond donors (Lipinski definition) is 3. The van der Waals surface area contributed by atoms with E-state index in [1.54, 1.807) is 12.3 Å². The number of nitrogens with one attached hydrogen (secondary N) is 2. The van der Waals surface area contributed by atoms with E-state index in [-0.39, 0.29) is 45.5 Å². The highest BCUT2D eigenvalue weighted by molar-refractivity contribution is 6.12. The number of carbonyl (C=O) groups is 2. The first kappa shape index (κ1) is 26.1. The second-order valence-corrected chi connectivity index (χ2v) is 9.88. The van der Waals surface area contributed by atoms with Gasteiger partial charge in [0.2, 0.25) is 0 Å². The van der Waals surface area contributed by atoms with Gasteiger partial charge in [0.05, 0.1) is 28.5 Å². The number of aromatic nitrogens is 2. The first-order chi connectivity index (χ1) is 18.7. The van der Waals surface area contributed by atoms with Crippen molar-refractivity contribution in [2.75, 3.05) is 5.32 Å². The number of carboxylic acid groups (broad SMARTS) is 1. The molecule has 2 aromatic carbocycles. The van der Waals surface area contributed by atoms with Crippen molar-refractivity contribution in [2.24, 2.45) is 5.92 Å². The van der Waals surface area contributed by atoms with Crippen molar-refractivity contribution >= 4 is 28.6 Å². The van der Waals surface area contributed by atoms with E-state index in [4.69, 9.17) is 0 Å². The Balaban J connectivity index is 1.46. The van der Waals surface area contributed by atoms with E-state index < -0.39 is 29.5 Å². The fourth-order valence-electron chi connectivity index (χ4n) is 5.49. The summed E-state index contributed by atoms with van der Waals surface area (Å²) in [6.45, 7) is 2.06. The minimum atomic E-state index is -1.08. The number of benzene rings is 2. The van der Waals surface area contributed by atoms with Crippen LogP contribution in [0.2, 0.25) is 0 Å². The number of fused-ring (bicyclic) bond motifs is 1. The Bertz CT molecular complexity index is 1560. The van der Waals surface area contributed by atoms with E-state index in [9.17, 15) is 27.9 Å². The van der Waals surface area contributed by atoms with Crippen LogP contribution in [-0.4, -0.2) is 33.1 Å². The predicted octanol–water partition coefficient (Wildman–Crippen LogP) is 6.51. The number of amides is 2. The van der Waals surface area contributed by atoms with Crippen molar-refractivity contribution in [3.05, 3.63) is 89.6 Å². The summed E-state index contributed by atoms with van der Waals surface area (Å²) in [7, 11) is 0. The van der Waals surface area contributed by atoms with Crippen LogP contribution in [0.1, 0.15) is 48.0 Å². The third kappa shape index (κ3) is 5.41. The molecule has 1 saturated carbocycles. The fourth-order valence-corrected chi connectivity index (χ4v) is 5.49. The molecule has 0 radical (unpaired) electrons. The lowest BCUT2D eigenvalue weighted by molar-refractivity contribution is 0.102. The largest absolute Gasteiger partial charge is 0.465 e. The zero-order chi connectivity index (χ0) is 27.7. The van der Waals surface area contributed by atoms with E-state index in [0.717, 1.165) is 36.6 Å². The van der Waals surface area contributed by atoms with Crippen molar-refractivity contribution in [3.8, 4) is 11.1 Å². The van der Waals surface area contributed by atoms with Crippen molar-refractivity contribution in [1.82, 2.24) is 15.3 Å². The first-order valence-electron chi connectivity index (χ1n) is 12.5. The summed E-state index contributed by atoms with van der Waals surface area (Å²) >= 11 is 0. The summed E-state index contributed by atoms with van der Waals surface area (Å²) in [5.74, 6) is -2.64. The molecule has 2 amide bonds. The second kappa shape index (κ2) is 10.7. The molecule has 3 atom stereocenters. The monoisotopic (exact) mass is 534 g/mol. The highest BCUT2D eigenvalue weighted by Gasteiger charge is 2.30. The quantitative estimate of drug-likeness (QED) is 0.271. The van der Waals surface area contributed by atoms with Gasteiger partial charge in [-0.3, -0.25) is 14.8 Å². The minimum absolute atomic E-state index is 0.0230. The summed E-state index contributed by atoms with van der Waals surface area (Å²) < 4.78 is 43.5. The SMILES string of the molecule is C[C@@H]1C[C@H](NC(=O)O)C[C@H](c2ccncc2NC(=O)c2ccc(F)c3cc(-c4c(F)cccc4F)cnc23)C1. The van der Waals surface area contributed by atoms with Crippen molar-refractivity contribution in [1.29, 1.82) is 0 Å². The fraction of sp³-hybridized carbons (Fsp3) is 0.241. The van der Waals surface area contributed by atoms with Crippen LogP contribution in [0.25, 0.3) is 22.0 Å². The molecule has 0 saturated heterocycles. The number of pyridine rings is 2. The average molecular weight is 535 g/mol. The lowest BCUT2D eigenvalue weighted by Crippen LogP contribution is -2.39. The van der Waals surface area contributed by atoms with Gasteiger partial charge in [0.15, 0.2) is 0 Å². The van der Waals surface area contributed by atoms with Crippen molar-refractivity contribution in [2.45, 2.75) is 38.1 Å². The number of hydrogen-bond acceptors (Lipinski definition) is 4. The molecular formula is C29H25F3N4O3. The van der Waals surface area contributed by atoms with Gasteiger partial charge in [-0.15, -0.1) is 0 Å². The Kier molecular flexibility index (Phi) is 7.19. The van der Waals surface area contributed by atoms with E-state index in [1.807, 2.05) is 0 Å². The zero-order valence-electron chi connectivity index (χ0n) is 20.9. The van der Waals surface area contributed by atoms with Crippen LogP contribution in [0, 0.1) is 23.4 Å². The van der Waals surface area contributed by atoms with Gasteiger partial charge in [-0.25, -0.2) is 18.0 Å². The Hall–Kier alpha value is -4.47. The average Bonchev–Trinajstić information content (AvgIpc) is 2.88. The molecule has 39 heavy (non-hydrogen) atoms. The summed E-state index contributed by atoms with van der Waals surface area (Å²) in [6.07, 6.45) is 5.36. The summed E-state index contributed by atoms with van der Waals surface area (Å²) in [6, 6.07) is 8.69. The second-order valence-electron chi connectivity index (χ2n) is 9.88. The number of nitrogens with zero attached hydrogens (tertiary/aromatic N) is 2. The van der Waals surface area contributed by atoms with Crippen LogP contribution in [0.5, 0.6) is 0 Å². The van der Waals surface area contributed by atoms with Gasteiger partial charge in [-0.1, -0.05) is 13.0 Å². The molecule has 2 aromatic heterocycles. The maximum Gasteiger partial charge on any atom is 0.404 e. The van der Waals surface area contributed by atoms with Gasteiger partial charge in [-0.05, 0) is 73.1 Å². The summed E-state index contributed by atoms with van der Waals surface area (Å²) in [5, 5.41) is 14.5. The van der Waals surface area contributed by atoms with E-state index in [1.165, 1.54) is 30.6 Å². The zero-order valence-corrected chi connectivity index (χ0v) is 20.9. The molecule has 0 spiro atoms. The summed E-state index contributed by atoms with van der Waals surface area (Å²) in [4.78, 5) is 33.0. The maximum absolute atomic E-state index is 14.8. The number of rotatable bonds is 5. The van der Waals surface area contributed by atoms with Crippen LogP contribution < -0.4 is 10.6 Å². The van der Waals surface area contributed by atoms with Crippen LogP contribution in [0.3, 0.4) is 0 Å². The lowest BCUT2D eigenvalue weighted by atomic mass is 9.76. The predicted molar refractivity (Wildman–Crippen MR) is 140 cm³/mol. The van der Waals surface area contributed by atoms with Crippen molar-refractivity contribution < 1.29 is 27.9 Å². The molecule has 1 fully saturated rings. The molecule has 7 nitrogen and oxygen atoms in total. The normalized spacial score (nSPS) is 19.0. The van der Waals surface area contributed by atoms with Crippen LogP contribution in [0.4, 0.5) is 23.7 Å². The Labute approximate surface area is 222 Å². The number of carbonyl (C=O) groups excluding carboxylic acids is 1. The molecule has 0 unspecified atom stereocenters. The molecule has 0 aliphatic heterocycles. The van der Waals surface area contributed by atoms with Crippen LogP contribution in [-0.2, 0) is 0 Å². The Morgan fingerprint density at radius 2 is 1.74 bits per heavy atom. The highest BCUT2D eigenvalue weighted by Crippen LogP contribution is 2.39. The topological polar surface area (TPSA) is 104 Å². The molecule has 1 aliphatic rings. The van der Waals surface area contributed by atoms with Gasteiger partial charge >= 0.3 is 6.09 Å². The van der Waals surface area contributed by atoms with Gasteiger partial charge in [0.1, 0.15) is 17.5 Å². The molecule has 3 N–H and O–H groups in total. The lowest BCUT2D eigenvalue weighted by Gasteiger charge is -2.34. The smallest absolute Gasteiger partial charge is 0.404 e. The van der Waals surface area contributed by atoms with Gasteiger partial charge in [0.25, 0.3) is 5.91 Å². The molecule has 200 valence electrons. The molecule has 5 rings (SSSR count). The first-order valence-corrected chi connectivity index (χ1v) is 12.5. The van der Waals surface area contributed by atoms with E-state index in [0.29, 0.717) is 12.1 Å². The third-order valence-electron chi connectivity index (χ3n) is 7.11.